The summed E-state index contributed by atoms with van der Waals surface area (Å²) in [5.41, 5.74) is 1.92. The third kappa shape index (κ3) is 3.19. The summed E-state index contributed by atoms with van der Waals surface area (Å²) in [5, 5.41) is 4.51. The summed E-state index contributed by atoms with van der Waals surface area (Å²) in [6.07, 6.45) is 2.38. The molecule has 4 nitrogen and oxygen atoms in total. The van der Waals surface area contributed by atoms with Crippen LogP contribution in [0.15, 0.2) is 12.1 Å². The van der Waals surface area contributed by atoms with Gasteiger partial charge in [0.25, 0.3) is 0 Å². The number of nitrogens with one attached hydrogen (secondary N) is 1. The molecule has 6 heteroatoms. The van der Waals surface area contributed by atoms with E-state index in [0.29, 0.717) is 22.6 Å². The molecule has 2 aromatic rings. The molecule has 0 atom stereocenters. The number of nitrogens with zero attached hydrogens (tertiary/aromatic N) is 2. The van der Waals surface area contributed by atoms with Gasteiger partial charge in [-0.25, -0.2) is 4.98 Å². The highest BCUT2D eigenvalue weighted by atomic mass is 35.5. The first-order valence-corrected chi connectivity index (χ1v) is 7.98. The summed E-state index contributed by atoms with van der Waals surface area (Å²) in [7, 11) is 1.69. The summed E-state index contributed by atoms with van der Waals surface area (Å²) in [5.74, 6) is 1.60. The van der Waals surface area contributed by atoms with Crippen molar-refractivity contribution in [3.05, 3.63) is 28.0 Å². The molecule has 1 aliphatic heterocycles. The van der Waals surface area contributed by atoms with Crippen LogP contribution in [0.25, 0.3) is 11.0 Å². The highest BCUT2D eigenvalue weighted by molar-refractivity contribution is 6.42. The van der Waals surface area contributed by atoms with Crippen molar-refractivity contribution in [1.29, 1.82) is 0 Å². The van der Waals surface area contributed by atoms with Gasteiger partial charge in [-0.2, -0.15) is 0 Å². The Bertz CT molecular complexity index is 635. The lowest BCUT2D eigenvalue weighted by atomic mass is 9.98. The predicted octanol–water partition coefficient (Wildman–Crippen LogP) is 3.49. The lowest BCUT2D eigenvalue weighted by Gasteiger charge is -2.24. The molecule has 0 aliphatic carbocycles. The molecule has 0 bridgehead atoms. The summed E-state index contributed by atoms with van der Waals surface area (Å²) >= 11 is 12.3. The standard InChI is InChI=1S/C15H19Cl2N3O/c1-21-9-15-19-13-6-11(16)12(17)7-14(13)20(15)8-10-2-4-18-5-3-10/h6-7,10,18H,2-5,8-9H2,1H3. The molecule has 21 heavy (non-hydrogen) atoms. The van der Waals surface area contributed by atoms with E-state index in [1.165, 1.54) is 12.8 Å². The van der Waals surface area contributed by atoms with Gasteiger partial charge in [-0.15, -0.1) is 0 Å². The van der Waals surface area contributed by atoms with Crippen LogP contribution in [-0.2, 0) is 17.9 Å². The van der Waals surface area contributed by atoms with E-state index >= 15 is 0 Å². The Hall–Kier alpha value is -0.810. The molecule has 1 fully saturated rings. The van der Waals surface area contributed by atoms with Crippen LogP contribution in [0.5, 0.6) is 0 Å². The highest BCUT2D eigenvalue weighted by Crippen LogP contribution is 2.29. The summed E-state index contributed by atoms with van der Waals surface area (Å²) < 4.78 is 7.52. The van der Waals surface area contributed by atoms with E-state index in [-0.39, 0.29) is 0 Å². The number of rotatable bonds is 4. The molecule has 0 unspecified atom stereocenters. The van der Waals surface area contributed by atoms with Crippen molar-refractivity contribution in [3.63, 3.8) is 0 Å². The molecule has 1 aliphatic rings. The summed E-state index contributed by atoms with van der Waals surface area (Å²) in [6, 6.07) is 3.74. The fraction of sp³-hybridized carbons (Fsp3) is 0.533. The average Bonchev–Trinajstić information content (AvgIpc) is 2.79. The monoisotopic (exact) mass is 327 g/mol. The van der Waals surface area contributed by atoms with Crippen molar-refractivity contribution in [1.82, 2.24) is 14.9 Å². The Morgan fingerprint density at radius 2 is 2.00 bits per heavy atom. The molecule has 1 saturated heterocycles. The number of fused-ring (bicyclic) bond motifs is 1. The van der Waals surface area contributed by atoms with Crippen LogP contribution in [0.3, 0.4) is 0 Å². The first kappa shape index (κ1) is 15.1. The second-order valence-electron chi connectivity index (χ2n) is 5.52. The number of hydrogen-bond acceptors (Lipinski definition) is 3. The SMILES string of the molecule is COCc1nc2cc(Cl)c(Cl)cc2n1CC1CCNCC1. The van der Waals surface area contributed by atoms with E-state index in [1.54, 1.807) is 7.11 Å². The van der Waals surface area contributed by atoms with Gasteiger partial charge in [0, 0.05) is 13.7 Å². The van der Waals surface area contributed by atoms with E-state index in [2.05, 4.69) is 14.9 Å². The molecule has 0 radical (unpaired) electrons. The van der Waals surface area contributed by atoms with Gasteiger partial charge >= 0.3 is 0 Å². The number of benzene rings is 1. The average molecular weight is 328 g/mol. The minimum atomic E-state index is 0.495. The molecule has 114 valence electrons. The van der Waals surface area contributed by atoms with Gasteiger partial charge in [-0.1, -0.05) is 23.2 Å². The Labute approximate surface area is 134 Å². The van der Waals surface area contributed by atoms with E-state index < -0.39 is 0 Å². The second kappa shape index (κ2) is 6.53. The van der Waals surface area contributed by atoms with Crippen molar-refractivity contribution in [2.24, 2.45) is 5.92 Å². The van der Waals surface area contributed by atoms with Gasteiger partial charge in [0.15, 0.2) is 0 Å². The van der Waals surface area contributed by atoms with Crippen LogP contribution in [-0.4, -0.2) is 29.8 Å². The van der Waals surface area contributed by atoms with Crippen LogP contribution < -0.4 is 5.32 Å². The van der Waals surface area contributed by atoms with Crippen molar-refractivity contribution in [2.75, 3.05) is 20.2 Å². The quantitative estimate of drug-likeness (QED) is 0.934. The molecular formula is C15H19Cl2N3O. The Balaban J connectivity index is 2.00. The highest BCUT2D eigenvalue weighted by Gasteiger charge is 2.18. The van der Waals surface area contributed by atoms with E-state index in [1.807, 2.05) is 12.1 Å². The zero-order valence-corrected chi connectivity index (χ0v) is 13.5. The fourth-order valence-corrected chi connectivity index (χ4v) is 3.25. The van der Waals surface area contributed by atoms with Gasteiger partial charge in [-0.05, 0) is 44.0 Å². The van der Waals surface area contributed by atoms with E-state index in [4.69, 9.17) is 27.9 Å². The van der Waals surface area contributed by atoms with Crippen molar-refractivity contribution in [2.45, 2.75) is 26.0 Å². The molecule has 1 aromatic heterocycles. The zero-order valence-electron chi connectivity index (χ0n) is 12.0. The maximum absolute atomic E-state index is 6.17. The number of halogens is 2. The minimum absolute atomic E-state index is 0.495. The normalized spacial score (nSPS) is 16.7. The summed E-state index contributed by atoms with van der Waals surface area (Å²) in [4.78, 5) is 4.65. The molecule has 1 aromatic carbocycles. The smallest absolute Gasteiger partial charge is 0.135 e. The second-order valence-corrected chi connectivity index (χ2v) is 6.33. The number of hydrogen-bond donors (Lipinski definition) is 1. The first-order valence-electron chi connectivity index (χ1n) is 7.23. The maximum Gasteiger partial charge on any atom is 0.135 e. The van der Waals surface area contributed by atoms with Crippen LogP contribution in [0.1, 0.15) is 18.7 Å². The van der Waals surface area contributed by atoms with Crippen LogP contribution in [0, 0.1) is 5.92 Å². The first-order chi connectivity index (χ1) is 10.2. The number of aromatic nitrogens is 2. The summed E-state index contributed by atoms with van der Waals surface area (Å²) in [6.45, 7) is 3.62. The van der Waals surface area contributed by atoms with Crippen LogP contribution in [0.2, 0.25) is 10.0 Å². The Morgan fingerprint density at radius 3 is 2.71 bits per heavy atom. The predicted molar refractivity (Wildman–Crippen MR) is 86.1 cm³/mol. The van der Waals surface area contributed by atoms with Gasteiger partial charge in [0.2, 0.25) is 0 Å². The lowest BCUT2D eigenvalue weighted by molar-refractivity contribution is 0.172. The maximum atomic E-state index is 6.17. The van der Waals surface area contributed by atoms with Gasteiger partial charge < -0.3 is 14.6 Å². The van der Waals surface area contributed by atoms with Gasteiger partial charge in [0.1, 0.15) is 12.4 Å². The molecule has 0 amide bonds. The van der Waals surface area contributed by atoms with Crippen LogP contribution in [0.4, 0.5) is 0 Å². The molecule has 3 rings (SSSR count). The molecular weight excluding hydrogens is 309 g/mol. The number of methoxy groups -OCH3 is 1. The topological polar surface area (TPSA) is 39.1 Å². The fourth-order valence-electron chi connectivity index (χ4n) is 2.94. The van der Waals surface area contributed by atoms with Crippen molar-refractivity contribution in [3.8, 4) is 0 Å². The Kier molecular flexibility index (Phi) is 4.69. The molecule has 1 N–H and O–H groups in total. The van der Waals surface area contributed by atoms with Crippen molar-refractivity contribution < 1.29 is 4.74 Å². The van der Waals surface area contributed by atoms with Gasteiger partial charge in [-0.3, -0.25) is 0 Å². The minimum Gasteiger partial charge on any atom is -0.377 e. The van der Waals surface area contributed by atoms with Gasteiger partial charge in [0.05, 0.1) is 21.1 Å². The molecule has 2 heterocycles. The number of imidazole rings is 1. The number of ether oxygens (including phenoxy) is 1. The third-order valence-electron chi connectivity index (χ3n) is 4.04. The van der Waals surface area contributed by atoms with E-state index in [0.717, 1.165) is 36.5 Å². The Morgan fingerprint density at radius 1 is 1.29 bits per heavy atom. The largest absolute Gasteiger partial charge is 0.377 e. The van der Waals surface area contributed by atoms with Crippen LogP contribution >= 0.6 is 23.2 Å². The lowest BCUT2D eigenvalue weighted by Crippen LogP contribution is -2.30. The van der Waals surface area contributed by atoms with E-state index in [9.17, 15) is 0 Å². The third-order valence-corrected chi connectivity index (χ3v) is 4.76. The van der Waals surface area contributed by atoms with Crippen molar-refractivity contribution >= 4 is 34.2 Å². The number of piperidine rings is 1. The molecule has 0 spiro atoms. The molecule has 0 saturated carbocycles. The zero-order chi connectivity index (χ0) is 14.8.